The van der Waals surface area contributed by atoms with Crippen LogP contribution in [0.15, 0.2) is 48.5 Å². The second kappa shape index (κ2) is 7.82. The number of fused-ring (bicyclic) bond motifs is 1. The third-order valence-electron chi connectivity index (χ3n) is 4.52. The highest BCUT2D eigenvalue weighted by molar-refractivity contribution is 5.88. The van der Waals surface area contributed by atoms with E-state index in [0.29, 0.717) is 17.9 Å². The molecule has 142 valence electrons. The van der Waals surface area contributed by atoms with Gasteiger partial charge in [0.2, 0.25) is 0 Å². The Morgan fingerprint density at radius 1 is 1.15 bits per heavy atom. The molecule has 5 heteroatoms. The van der Waals surface area contributed by atoms with Crippen molar-refractivity contribution < 1.29 is 19.1 Å². The molecule has 0 saturated carbocycles. The van der Waals surface area contributed by atoms with E-state index in [9.17, 15) is 9.59 Å². The van der Waals surface area contributed by atoms with Gasteiger partial charge in [-0.3, -0.25) is 9.59 Å². The van der Waals surface area contributed by atoms with Crippen molar-refractivity contribution in [3.8, 4) is 11.5 Å². The van der Waals surface area contributed by atoms with Crippen LogP contribution < -0.4 is 14.8 Å². The molecule has 2 aromatic carbocycles. The summed E-state index contributed by atoms with van der Waals surface area (Å²) < 4.78 is 11.6. The molecule has 1 N–H and O–H groups in total. The maximum Gasteiger partial charge on any atom is 0.258 e. The molecule has 0 spiro atoms. The van der Waals surface area contributed by atoms with E-state index >= 15 is 0 Å². The molecule has 5 nitrogen and oxygen atoms in total. The number of hydrogen-bond acceptors (Lipinski definition) is 4. The Hall–Kier alpha value is -2.82. The Bertz CT molecular complexity index is 829. The SMILES string of the molecule is CC(=O)[C@@H](Cc1ccccc1)NC(=O)COc1cccc2c1OC(C)(C)C2. The lowest BCUT2D eigenvalue weighted by Gasteiger charge is -2.19. The number of Topliss-reactive ketones (excluding diaryl/α,β-unsaturated/α-hetero) is 1. The summed E-state index contributed by atoms with van der Waals surface area (Å²) in [4.78, 5) is 24.2. The molecule has 1 atom stereocenters. The van der Waals surface area contributed by atoms with Crippen LogP contribution >= 0.6 is 0 Å². The number of rotatable bonds is 7. The zero-order chi connectivity index (χ0) is 19.4. The minimum Gasteiger partial charge on any atom is -0.483 e. The van der Waals surface area contributed by atoms with Crippen molar-refractivity contribution in [2.24, 2.45) is 0 Å². The summed E-state index contributed by atoms with van der Waals surface area (Å²) in [5.74, 6) is 0.831. The van der Waals surface area contributed by atoms with E-state index < -0.39 is 6.04 Å². The van der Waals surface area contributed by atoms with Gasteiger partial charge in [-0.2, -0.15) is 0 Å². The van der Waals surface area contributed by atoms with Crippen LogP contribution in [0, 0.1) is 0 Å². The maximum absolute atomic E-state index is 12.3. The molecule has 0 unspecified atom stereocenters. The van der Waals surface area contributed by atoms with Crippen molar-refractivity contribution in [1.82, 2.24) is 5.32 Å². The first-order valence-corrected chi connectivity index (χ1v) is 9.11. The van der Waals surface area contributed by atoms with Gasteiger partial charge in [0.15, 0.2) is 23.9 Å². The first-order valence-electron chi connectivity index (χ1n) is 9.11. The zero-order valence-electron chi connectivity index (χ0n) is 16.0. The molecular formula is C22H25NO4. The molecule has 3 rings (SSSR count). The van der Waals surface area contributed by atoms with Gasteiger partial charge in [-0.05, 0) is 38.8 Å². The van der Waals surface area contributed by atoms with Crippen molar-refractivity contribution >= 4 is 11.7 Å². The molecule has 0 radical (unpaired) electrons. The Morgan fingerprint density at radius 2 is 1.89 bits per heavy atom. The highest BCUT2D eigenvalue weighted by Crippen LogP contribution is 2.41. The number of ether oxygens (including phenoxy) is 2. The van der Waals surface area contributed by atoms with E-state index in [-0.39, 0.29) is 23.9 Å². The molecule has 0 fully saturated rings. The summed E-state index contributed by atoms with van der Waals surface area (Å²) in [7, 11) is 0. The number of hydrogen-bond donors (Lipinski definition) is 1. The van der Waals surface area contributed by atoms with Gasteiger partial charge < -0.3 is 14.8 Å². The van der Waals surface area contributed by atoms with E-state index in [4.69, 9.17) is 9.47 Å². The monoisotopic (exact) mass is 367 g/mol. The van der Waals surface area contributed by atoms with Gasteiger partial charge in [-0.1, -0.05) is 42.5 Å². The Balaban J connectivity index is 1.60. The molecule has 1 aliphatic heterocycles. The topological polar surface area (TPSA) is 64.6 Å². The van der Waals surface area contributed by atoms with E-state index in [1.807, 2.05) is 56.3 Å². The van der Waals surface area contributed by atoms with Gasteiger partial charge in [0, 0.05) is 12.0 Å². The summed E-state index contributed by atoms with van der Waals surface area (Å²) in [6.45, 7) is 5.35. The number of ketones is 1. The van der Waals surface area contributed by atoms with Gasteiger partial charge >= 0.3 is 0 Å². The average Bonchev–Trinajstić information content (AvgIpc) is 2.94. The largest absolute Gasteiger partial charge is 0.483 e. The number of carbonyl (C=O) groups excluding carboxylic acids is 2. The fourth-order valence-corrected chi connectivity index (χ4v) is 3.23. The molecule has 0 saturated heterocycles. The lowest BCUT2D eigenvalue weighted by atomic mass is 10.0. The minimum absolute atomic E-state index is 0.0853. The van der Waals surface area contributed by atoms with Crippen molar-refractivity contribution in [2.75, 3.05) is 6.61 Å². The molecule has 0 bridgehead atoms. The average molecular weight is 367 g/mol. The second-order valence-electron chi connectivity index (χ2n) is 7.49. The van der Waals surface area contributed by atoms with Crippen LogP contribution in [0.5, 0.6) is 11.5 Å². The van der Waals surface area contributed by atoms with Gasteiger partial charge in [-0.25, -0.2) is 0 Å². The summed E-state index contributed by atoms with van der Waals surface area (Å²) >= 11 is 0. The highest BCUT2D eigenvalue weighted by Gasteiger charge is 2.32. The molecule has 0 aliphatic carbocycles. The Labute approximate surface area is 159 Å². The number of para-hydroxylation sites is 1. The summed E-state index contributed by atoms with van der Waals surface area (Å²) in [5.41, 5.74) is 1.79. The number of amides is 1. The fourth-order valence-electron chi connectivity index (χ4n) is 3.23. The molecule has 1 amide bonds. The molecule has 2 aromatic rings. The number of nitrogens with one attached hydrogen (secondary N) is 1. The van der Waals surface area contributed by atoms with Crippen LogP contribution in [0.4, 0.5) is 0 Å². The Kier molecular flexibility index (Phi) is 5.49. The molecule has 0 aromatic heterocycles. The second-order valence-corrected chi connectivity index (χ2v) is 7.49. The van der Waals surface area contributed by atoms with Crippen LogP contribution in [0.3, 0.4) is 0 Å². The normalized spacial score (nSPS) is 15.4. The first kappa shape index (κ1) is 19.0. The molecular weight excluding hydrogens is 342 g/mol. The van der Waals surface area contributed by atoms with Crippen LogP contribution in [0.1, 0.15) is 31.9 Å². The summed E-state index contributed by atoms with van der Waals surface area (Å²) in [5, 5.41) is 2.76. The van der Waals surface area contributed by atoms with Crippen molar-refractivity contribution in [3.63, 3.8) is 0 Å². The summed E-state index contributed by atoms with van der Waals surface area (Å²) in [6.07, 6.45) is 1.26. The first-order chi connectivity index (χ1) is 12.8. The van der Waals surface area contributed by atoms with Gasteiger partial charge in [0.1, 0.15) is 5.60 Å². The van der Waals surface area contributed by atoms with Crippen molar-refractivity contribution in [1.29, 1.82) is 0 Å². The molecule has 1 heterocycles. The lowest BCUT2D eigenvalue weighted by molar-refractivity contribution is -0.128. The molecule has 1 aliphatic rings. The van der Waals surface area contributed by atoms with Crippen LogP contribution in [-0.4, -0.2) is 29.9 Å². The van der Waals surface area contributed by atoms with Gasteiger partial charge in [0.25, 0.3) is 5.91 Å². The number of benzene rings is 2. The zero-order valence-corrected chi connectivity index (χ0v) is 16.0. The van der Waals surface area contributed by atoms with E-state index in [2.05, 4.69) is 5.32 Å². The third-order valence-corrected chi connectivity index (χ3v) is 4.52. The predicted molar refractivity (Wildman–Crippen MR) is 103 cm³/mol. The van der Waals surface area contributed by atoms with Crippen LogP contribution in [0.25, 0.3) is 0 Å². The fraction of sp³-hybridized carbons (Fsp3) is 0.364. The predicted octanol–water partition coefficient (Wildman–Crippen LogP) is 3.10. The van der Waals surface area contributed by atoms with E-state index in [1.54, 1.807) is 6.07 Å². The maximum atomic E-state index is 12.3. The molecule has 27 heavy (non-hydrogen) atoms. The van der Waals surface area contributed by atoms with Gasteiger partial charge in [0.05, 0.1) is 6.04 Å². The smallest absolute Gasteiger partial charge is 0.258 e. The van der Waals surface area contributed by atoms with Gasteiger partial charge in [-0.15, -0.1) is 0 Å². The minimum atomic E-state index is -0.569. The van der Waals surface area contributed by atoms with Crippen LogP contribution in [-0.2, 0) is 22.4 Å². The highest BCUT2D eigenvalue weighted by atomic mass is 16.5. The lowest BCUT2D eigenvalue weighted by Crippen LogP contribution is -2.43. The number of carbonyl (C=O) groups is 2. The third kappa shape index (κ3) is 4.88. The Morgan fingerprint density at radius 3 is 2.59 bits per heavy atom. The summed E-state index contributed by atoms with van der Waals surface area (Å²) in [6, 6.07) is 14.7. The van der Waals surface area contributed by atoms with Crippen molar-refractivity contribution in [2.45, 2.75) is 45.3 Å². The van der Waals surface area contributed by atoms with Crippen molar-refractivity contribution in [3.05, 3.63) is 59.7 Å². The standard InChI is InChI=1S/C22H25NO4/c1-15(24)18(12-16-8-5-4-6-9-16)23-20(25)14-26-19-11-7-10-17-13-22(2,3)27-21(17)19/h4-11,18H,12-14H2,1-3H3,(H,23,25)/t18-/m1/s1. The van der Waals surface area contributed by atoms with E-state index in [1.165, 1.54) is 6.92 Å². The quantitative estimate of drug-likeness (QED) is 0.817. The van der Waals surface area contributed by atoms with E-state index in [0.717, 1.165) is 17.5 Å². The van der Waals surface area contributed by atoms with Crippen LogP contribution in [0.2, 0.25) is 0 Å².